The number of ether oxygens (including phenoxy) is 1. The van der Waals surface area contributed by atoms with Crippen LogP contribution < -0.4 is 0 Å². The second kappa shape index (κ2) is 9.15. The molecule has 2 atom stereocenters. The Balaban J connectivity index is 3.06. The van der Waals surface area contributed by atoms with Gasteiger partial charge in [0.15, 0.2) is 16.6 Å². The molecule has 0 bridgehead atoms. The van der Waals surface area contributed by atoms with Crippen LogP contribution in [0, 0.1) is 0 Å². The smallest absolute Gasteiger partial charge is 0.330 e. The van der Waals surface area contributed by atoms with E-state index in [9.17, 15) is 4.79 Å². The molecule has 0 radical (unpaired) electrons. The van der Waals surface area contributed by atoms with E-state index in [0.29, 0.717) is 6.61 Å². The standard InChI is InChI=1S/C22H44O4Si2/c1-12-24-20(23)15-17-13-18(25-27(8,9)21(2,3)4)16-19(14-17)26-28(10,11)22(5,6)7/h15,18-19H,12-14,16H2,1-11H3/t18-,19+. The van der Waals surface area contributed by atoms with Gasteiger partial charge in [-0.1, -0.05) is 47.1 Å². The summed E-state index contributed by atoms with van der Waals surface area (Å²) in [5.41, 5.74) is 1.09. The molecule has 1 fully saturated rings. The lowest BCUT2D eigenvalue weighted by Crippen LogP contribution is -2.49. The minimum absolute atomic E-state index is 0.102. The molecule has 28 heavy (non-hydrogen) atoms. The highest BCUT2D eigenvalue weighted by molar-refractivity contribution is 6.74. The zero-order chi connectivity index (χ0) is 22.0. The third kappa shape index (κ3) is 7.11. The lowest BCUT2D eigenvalue weighted by atomic mass is 9.90. The van der Waals surface area contributed by atoms with Crippen molar-refractivity contribution in [2.45, 2.75) is 116 Å². The number of carbonyl (C=O) groups is 1. The molecule has 1 aliphatic rings. The molecule has 0 aromatic rings. The van der Waals surface area contributed by atoms with Crippen molar-refractivity contribution in [2.75, 3.05) is 6.61 Å². The summed E-state index contributed by atoms with van der Waals surface area (Å²) in [5.74, 6) is -0.253. The predicted octanol–water partition coefficient (Wildman–Crippen LogP) is 6.44. The van der Waals surface area contributed by atoms with E-state index >= 15 is 0 Å². The maximum Gasteiger partial charge on any atom is 0.330 e. The third-order valence-corrected chi connectivity index (χ3v) is 15.7. The topological polar surface area (TPSA) is 44.8 Å². The fraction of sp³-hybridized carbons (Fsp3) is 0.864. The van der Waals surface area contributed by atoms with Crippen LogP contribution in [0.1, 0.15) is 67.7 Å². The molecule has 0 aromatic carbocycles. The minimum Gasteiger partial charge on any atom is -0.463 e. The first-order valence-electron chi connectivity index (χ1n) is 10.7. The number of carbonyl (C=O) groups excluding carboxylic acids is 1. The van der Waals surface area contributed by atoms with E-state index in [4.69, 9.17) is 13.6 Å². The zero-order valence-corrected chi connectivity index (χ0v) is 22.2. The molecule has 1 rings (SSSR count). The SMILES string of the molecule is CCOC(=O)C=C1C[C@@H](O[Si](C)(C)C(C)(C)C)C[C@@H](O[Si](C)(C)C(C)(C)C)C1. The summed E-state index contributed by atoms with van der Waals surface area (Å²) in [6.07, 6.45) is 4.37. The molecule has 0 aliphatic heterocycles. The number of hydrogen-bond donors (Lipinski definition) is 0. The molecule has 6 heteroatoms. The first-order valence-corrected chi connectivity index (χ1v) is 16.5. The lowest BCUT2D eigenvalue weighted by Gasteiger charge is -2.45. The molecule has 1 aliphatic carbocycles. The summed E-state index contributed by atoms with van der Waals surface area (Å²) >= 11 is 0. The van der Waals surface area contributed by atoms with Gasteiger partial charge in [0.05, 0.1) is 18.8 Å². The van der Waals surface area contributed by atoms with Crippen LogP contribution in [0.15, 0.2) is 11.6 Å². The Bertz CT molecular complexity index is 530. The van der Waals surface area contributed by atoms with Crippen molar-refractivity contribution in [1.29, 1.82) is 0 Å². The number of hydrogen-bond acceptors (Lipinski definition) is 4. The van der Waals surface area contributed by atoms with Gasteiger partial charge in [-0.05, 0) is 62.5 Å². The van der Waals surface area contributed by atoms with Crippen LogP contribution in [0.5, 0.6) is 0 Å². The Labute approximate surface area is 175 Å². The Morgan fingerprint density at radius 1 is 0.929 bits per heavy atom. The maximum absolute atomic E-state index is 12.1. The van der Waals surface area contributed by atoms with E-state index in [1.165, 1.54) is 0 Å². The Morgan fingerprint density at radius 2 is 1.32 bits per heavy atom. The van der Waals surface area contributed by atoms with Gasteiger partial charge in [-0.3, -0.25) is 0 Å². The van der Waals surface area contributed by atoms with Gasteiger partial charge >= 0.3 is 5.97 Å². The fourth-order valence-electron chi connectivity index (χ4n) is 2.96. The minimum atomic E-state index is -1.89. The summed E-state index contributed by atoms with van der Waals surface area (Å²) < 4.78 is 18.6. The summed E-state index contributed by atoms with van der Waals surface area (Å²) in [5, 5.41) is 0.316. The monoisotopic (exact) mass is 428 g/mol. The largest absolute Gasteiger partial charge is 0.463 e. The van der Waals surface area contributed by atoms with Crippen molar-refractivity contribution in [2.24, 2.45) is 0 Å². The molecule has 4 nitrogen and oxygen atoms in total. The van der Waals surface area contributed by atoms with Crippen LogP contribution in [0.25, 0.3) is 0 Å². The van der Waals surface area contributed by atoms with Crippen molar-refractivity contribution in [3.63, 3.8) is 0 Å². The first kappa shape index (κ1) is 25.6. The first-order chi connectivity index (χ1) is 12.5. The van der Waals surface area contributed by atoms with Gasteiger partial charge in [-0.15, -0.1) is 0 Å². The van der Waals surface area contributed by atoms with E-state index < -0.39 is 16.6 Å². The predicted molar refractivity (Wildman–Crippen MR) is 123 cm³/mol. The van der Waals surface area contributed by atoms with Gasteiger partial charge in [0, 0.05) is 6.08 Å². The summed E-state index contributed by atoms with van der Waals surface area (Å²) in [6, 6.07) is 0. The van der Waals surface area contributed by atoms with Gasteiger partial charge in [0.25, 0.3) is 0 Å². The van der Waals surface area contributed by atoms with Crippen LogP contribution in [0.3, 0.4) is 0 Å². The van der Waals surface area contributed by atoms with Crippen LogP contribution in [0.4, 0.5) is 0 Å². The van der Waals surface area contributed by atoms with E-state index in [2.05, 4.69) is 67.7 Å². The van der Waals surface area contributed by atoms with E-state index in [0.717, 1.165) is 24.8 Å². The molecule has 164 valence electrons. The van der Waals surface area contributed by atoms with Gasteiger partial charge in [-0.25, -0.2) is 4.79 Å². The Morgan fingerprint density at radius 3 is 1.64 bits per heavy atom. The molecule has 0 aromatic heterocycles. The quantitative estimate of drug-likeness (QED) is 0.277. The van der Waals surface area contributed by atoms with Crippen molar-refractivity contribution in [3.05, 3.63) is 11.6 Å². The number of rotatable bonds is 6. The van der Waals surface area contributed by atoms with Crippen molar-refractivity contribution in [1.82, 2.24) is 0 Å². The van der Waals surface area contributed by atoms with Gasteiger partial charge in [-0.2, -0.15) is 0 Å². The highest BCUT2D eigenvalue weighted by Gasteiger charge is 2.43. The van der Waals surface area contributed by atoms with E-state index in [-0.39, 0.29) is 28.3 Å². The van der Waals surface area contributed by atoms with Crippen molar-refractivity contribution in [3.8, 4) is 0 Å². The van der Waals surface area contributed by atoms with Gasteiger partial charge in [0.2, 0.25) is 0 Å². The van der Waals surface area contributed by atoms with Crippen LogP contribution in [0.2, 0.25) is 36.3 Å². The molecule has 0 unspecified atom stereocenters. The highest BCUT2D eigenvalue weighted by Crippen LogP contribution is 2.42. The average Bonchev–Trinajstić information content (AvgIpc) is 2.43. The highest BCUT2D eigenvalue weighted by atomic mass is 28.4. The molecule has 0 saturated heterocycles. The molecule has 0 amide bonds. The molecule has 0 spiro atoms. The second-order valence-electron chi connectivity index (χ2n) is 11.2. The van der Waals surface area contributed by atoms with Gasteiger partial charge in [0.1, 0.15) is 0 Å². The van der Waals surface area contributed by atoms with E-state index in [1.807, 2.05) is 6.92 Å². The maximum atomic E-state index is 12.1. The summed E-state index contributed by atoms with van der Waals surface area (Å²) in [7, 11) is -3.78. The van der Waals surface area contributed by atoms with E-state index in [1.54, 1.807) is 6.08 Å². The molecular weight excluding hydrogens is 384 g/mol. The van der Waals surface area contributed by atoms with Crippen LogP contribution >= 0.6 is 0 Å². The second-order valence-corrected chi connectivity index (χ2v) is 20.7. The fourth-order valence-corrected chi connectivity index (χ4v) is 5.70. The van der Waals surface area contributed by atoms with Crippen LogP contribution in [-0.4, -0.2) is 41.4 Å². The molecule has 1 saturated carbocycles. The molecule has 0 heterocycles. The van der Waals surface area contributed by atoms with Crippen molar-refractivity contribution < 1.29 is 18.4 Å². The Hall–Kier alpha value is -0.436. The molecular formula is C22H44O4Si2. The summed E-state index contributed by atoms with van der Waals surface area (Å²) in [4.78, 5) is 12.1. The average molecular weight is 429 g/mol. The molecule has 0 N–H and O–H groups in total. The Kier molecular flexibility index (Phi) is 8.36. The van der Waals surface area contributed by atoms with Gasteiger partial charge < -0.3 is 13.6 Å². The number of esters is 1. The van der Waals surface area contributed by atoms with Crippen molar-refractivity contribution >= 4 is 22.6 Å². The summed E-state index contributed by atoms with van der Waals surface area (Å²) in [6.45, 7) is 25.0. The van der Waals surface area contributed by atoms with Crippen LogP contribution in [-0.2, 0) is 18.4 Å². The normalized spacial score (nSPS) is 23.8. The zero-order valence-electron chi connectivity index (χ0n) is 20.2. The lowest BCUT2D eigenvalue weighted by molar-refractivity contribution is -0.137. The third-order valence-electron chi connectivity index (χ3n) is 6.65.